The van der Waals surface area contributed by atoms with Crippen molar-refractivity contribution < 1.29 is 8.42 Å². The molecule has 0 aromatic carbocycles. The van der Waals surface area contributed by atoms with E-state index in [1.807, 2.05) is 0 Å². The minimum atomic E-state index is -3.61. The lowest BCUT2D eigenvalue weighted by molar-refractivity contribution is 0.598. The van der Waals surface area contributed by atoms with Crippen LogP contribution in [0.15, 0.2) is 29.7 Å². The van der Waals surface area contributed by atoms with Gasteiger partial charge in [-0.05, 0) is 25.5 Å². The molecule has 0 fully saturated rings. The monoisotopic (exact) mass is 252 g/mol. The summed E-state index contributed by atoms with van der Waals surface area (Å²) in [4.78, 5) is 10.4. The summed E-state index contributed by atoms with van der Waals surface area (Å²) < 4.78 is 26.4. The maximum atomic E-state index is 12.0. The van der Waals surface area contributed by atoms with Gasteiger partial charge >= 0.3 is 0 Å². The predicted molar refractivity (Wildman–Crippen MR) is 63.1 cm³/mol. The summed E-state index contributed by atoms with van der Waals surface area (Å²) in [6, 6.07) is 1.61. The zero-order chi connectivity index (χ0) is 12.5. The zero-order valence-electron chi connectivity index (χ0n) is 9.43. The number of rotatable bonds is 3. The van der Waals surface area contributed by atoms with Crippen LogP contribution in [-0.2, 0) is 10.0 Å². The molecule has 90 valence electrons. The fourth-order valence-corrected chi connectivity index (χ4v) is 2.42. The Bertz CT molecular complexity index is 633. The number of anilines is 1. The second kappa shape index (κ2) is 4.17. The van der Waals surface area contributed by atoms with Gasteiger partial charge in [0.05, 0.1) is 11.9 Å². The summed E-state index contributed by atoms with van der Waals surface area (Å²) in [5.41, 5.74) is 1.26. The highest BCUT2D eigenvalue weighted by Gasteiger charge is 2.17. The molecule has 0 saturated heterocycles. The Hall–Kier alpha value is -1.89. The molecule has 0 radical (unpaired) electrons. The van der Waals surface area contributed by atoms with Crippen LogP contribution < -0.4 is 4.72 Å². The Morgan fingerprint density at radius 2 is 2.06 bits per heavy atom. The van der Waals surface area contributed by atoms with Crippen molar-refractivity contribution in [3.63, 3.8) is 0 Å². The lowest BCUT2D eigenvalue weighted by atomic mass is 10.3. The van der Waals surface area contributed by atoms with Crippen LogP contribution in [-0.4, -0.2) is 23.4 Å². The molecular weight excluding hydrogens is 240 g/mol. The lowest BCUT2D eigenvalue weighted by Crippen LogP contribution is -2.14. The van der Waals surface area contributed by atoms with Crippen LogP contribution in [0.25, 0.3) is 0 Å². The highest BCUT2D eigenvalue weighted by molar-refractivity contribution is 7.92. The largest absolute Gasteiger partial charge is 0.332 e. The van der Waals surface area contributed by atoms with Crippen molar-refractivity contribution in [3.05, 3.63) is 36.0 Å². The number of hydrogen-bond acceptors (Lipinski definition) is 4. The van der Waals surface area contributed by atoms with E-state index in [4.69, 9.17) is 0 Å². The van der Waals surface area contributed by atoms with Gasteiger partial charge in [0.25, 0.3) is 10.0 Å². The first-order valence-corrected chi connectivity index (χ1v) is 6.42. The van der Waals surface area contributed by atoms with Crippen LogP contribution in [0.4, 0.5) is 5.69 Å². The molecule has 2 heterocycles. The summed E-state index contributed by atoms with van der Waals surface area (Å²) in [6.07, 6.45) is 4.41. The fraction of sp³-hybridized carbons (Fsp3) is 0.200. The Labute approximate surface area is 99.2 Å². The van der Waals surface area contributed by atoms with E-state index in [2.05, 4.69) is 19.7 Å². The molecule has 0 unspecified atom stereocenters. The number of aromatic nitrogens is 3. The molecule has 2 aromatic heterocycles. The van der Waals surface area contributed by atoms with E-state index in [0.29, 0.717) is 11.5 Å². The molecule has 2 rings (SSSR count). The Balaban J connectivity index is 2.33. The highest BCUT2D eigenvalue weighted by atomic mass is 32.2. The smallest absolute Gasteiger partial charge is 0.278 e. The minimum Gasteiger partial charge on any atom is -0.332 e. The van der Waals surface area contributed by atoms with Crippen molar-refractivity contribution in [3.8, 4) is 0 Å². The third-order valence-electron chi connectivity index (χ3n) is 2.23. The van der Waals surface area contributed by atoms with E-state index in [-0.39, 0.29) is 5.03 Å². The van der Waals surface area contributed by atoms with Crippen molar-refractivity contribution in [2.45, 2.75) is 18.9 Å². The van der Waals surface area contributed by atoms with Gasteiger partial charge in [-0.25, -0.2) is 4.98 Å². The molecule has 7 heteroatoms. The molecule has 0 bridgehead atoms. The first kappa shape index (κ1) is 11.6. The van der Waals surface area contributed by atoms with Gasteiger partial charge in [-0.15, -0.1) is 0 Å². The number of pyridine rings is 1. The van der Waals surface area contributed by atoms with Gasteiger partial charge < -0.3 is 4.98 Å². The Morgan fingerprint density at radius 3 is 2.65 bits per heavy atom. The lowest BCUT2D eigenvalue weighted by Gasteiger charge is -2.07. The molecule has 0 saturated carbocycles. The summed E-state index contributed by atoms with van der Waals surface area (Å²) in [5, 5.41) is 0.0474. The van der Waals surface area contributed by atoms with E-state index < -0.39 is 10.0 Å². The predicted octanol–water partition coefficient (Wildman–Crippen LogP) is 1.22. The standard InChI is InChI=1S/C10H12N4O2S/c1-7-5-11-4-3-9(7)14-17(15,16)10-6-12-8(2)13-10/h3-6H,1-2H3,(H,11,14)(H,12,13). The highest BCUT2D eigenvalue weighted by Crippen LogP contribution is 2.17. The van der Waals surface area contributed by atoms with E-state index in [9.17, 15) is 8.42 Å². The molecule has 2 aromatic rings. The average Bonchev–Trinajstić information content (AvgIpc) is 2.69. The zero-order valence-corrected chi connectivity index (χ0v) is 10.2. The molecule has 17 heavy (non-hydrogen) atoms. The molecule has 6 nitrogen and oxygen atoms in total. The number of nitrogens with zero attached hydrogens (tertiary/aromatic N) is 2. The van der Waals surface area contributed by atoms with Gasteiger partial charge in [-0.2, -0.15) is 8.42 Å². The van der Waals surface area contributed by atoms with Gasteiger partial charge in [-0.3, -0.25) is 9.71 Å². The van der Waals surface area contributed by atoms with Crippen molar-refractivity contribution >= 4 is 15.7 Å². The fourth-order valence-electron chi connectivity index (χ4n) is 1.32. The van der Waals surface area contributed by atoms with E-state index in [1.165, 1.54) is 12.4 Å². The maximum absolute atomic E-state index is 12.0. The van der Waals surface area contributed by atoms with Crippen molar-refractivity contribution in [1.82, 2.24) is 15.0 Å². The summed E-state index contributed by atoms with van der Waals surface area (Å²) >= 11 is 0. The number of sulfonamides is 1. The van der Waals surface area contributed by atoms with Crippen LogP contribution in [0.3, 0.4) is 0 Å². The van der Waals surface area contributed by atoms with Gasteiger partial charge in [0.2, 0.25) is 0 Å². The first-order chi connectivity index (χ1) is 7.99. The maximum Gasteiger partial charge on any atom is 0.278 e. The summed E-state index contributed by atoms with van der Waals surface area (Å²) in [6.45, 7) is 3.47. The van der Waals surface area contributed by atoms with Crippen LogP contribution in [0.1, 0.15) is 11.4 Å². The van der Waals surface area contributed by atoms with Gasteiger partial charge in [0, 0.05) is 12.4 Å². The number of aryl methyl sites for hydroxylation is 2. The Morgan fingerprint density at radius 1 is 1.29 bits per heavy atom. The molecule has 0 aliphatic heterocycles. The van der Waals surface area contributed by atoms with Crippen molar-refractivity contribution in [2.75, 3.05) is 4.72 Å². The quantitative estimate of drug-likeness (QED) is 0.859. The van der Waals surface area contributed by atoms with Gasteiger partial charge in [0.1, 0.15) is 5.82 Å². The van der Waals surface area contributed by atoms with Crippen LogP contribution >= 0.6 is 0 Å². The molecule has 0 aliphatic carbocycles. The van der Waals surface area contributed by atoms with Crippen molar-refractivity contribution in [1.29, 1.82) is 0 Å². The summed E-state index contributed by atoms with van der Waals surface area (Å²) in [7, 11) is -3.61. The van der Waals surface area contributed by atoms with E-state index in [0.717, 1.165) is 5.56 Å². The number of H-pyrrole nitrogens is 1. The van der Waals surface area contributed by atoms with Crippen molar-refractivity contribution in [2.24, 2.45) is 0 Å². The molecular formula is C10H12N4O2S. The number of imidazole rings is 1. The number of aromatic amines is 1. The Kier molecular flexibility index (Phi) is 2.84. The molecule has 0 amide bonds. The number of hydrogen-bond donors (Lipinski definition) is 2. The first-order valence-electron chi connectivity index (χ1n) is 4.94. The van der Waals surface area contributed by atoms with Gasteiger partial charge in [0.15, 0.2) is 5.03 Å². The second-order valence-corrected chi connectivity index (χ2v) is 5.28. The van der Waals surface area contributed by atoms with Crippen LogP contribution in [0.5, 0.6) is 0 Å². The third-order valence-corrected chi connectivity index (χ3v) is 3.51. The van der Waals surface area contributed by atoms with Gasteiger partial charge in [-0.1, -0.05) is 0 Å². The molecule has 0 atom stereocenters. The molecule has 0 aliphatic rings. The normalized spacial score (nSPS) is 11.4. The average molecular weight is 252 g/mol. The summed E-state index contributed by atoms with van der Waals surface area (Å²) in [5.74, 6) is 0.553. The van der Waals surface area contributed by atoms with Crippen LogP contribution in [0.2, 0.25) is 0 Å². The van der Waals surface area contributed by atoms with E-state index in [1.54, 1.807) is 26.1 Å². The molecule has 2 N–H and O–H groups in total. The third kappa shape index (κ3) is 2.44. The second-order valence-electron chi connectivity index (χ2n) is 3.63. The van der Waals surface area contributed by atoms with Crippen LogP contribution in [0, 0.1) is 13.8 Å². The SMILES string of the molecule is Cc1ncc(S(=O)(=O)Nc2ccncc2C)[nH]1. The minimum absolute atomic E-state index is 0.0474. The topological polar surface area (TPSA) is 87.7 Å². The molecule has 0 spiro atoms. The number of nitrogens with one attached hydrogen (secondary N) is 2. The van der Waals surface area contributed by atoms with E-state index >= 15 is 0 Å².